The second-order valence-electron chi connectivity index (χ2n) is 3.29. The van der Waals surface area contributed by atoms with E-state index in [9.17, 15) is 13.2 Å². The Labute approximate surface area is 109 Å². The van der Waals surface area contributed by atoms with E-state index < -0.39 is 12.0 Å². The molecule has 0 fully saturated rings. The molecule has 2 rings (SSSR count). The van der Waals surface area contributed by atoms with Crippen LogP contribution in [-0.4, -0.2) is 9.36 Å². The summed E-state index contributed by atoms with van der Waals surface area (Å²) in [6.07, 6.45) is -4.56. The molecular weight excluding hydrogens is 289 g/mol. The minimum atomic E-state index is -4.56. The number of nitrogen functional groups attached to an aromatic ring is 1. The van der Waals surface area contributed by atoms with Gasteiger partial charge in [0.05, 0.1) is 10.7 Å². The number of nitrogens with two attached hydrogens (primary N) is 1. The van der Waals surface area contributed by atoms with Gasteiger partial charge in [-0.05, 0) is 18.2 Å². The Kier molecular flexibility index (Phi) is 3.31. The molecule has 0 bridgehead atoms. The van der Waals surface area contributed by atoms with Gasteiger partial charge in [0.1, 0.15) is 0 Å². The zero-order chi connectivity index (χ0) is 13.3. The SMILES string of the molecule is Nc1ccc(Cl)c(Nc2nc(C(F)(F)F)ns2)c1. The number of nitrogens with one attached hydrogen (secondary N) is 1. The molecule has 1 heterocycles. The van der Waals surface area contributed by atoms with Gasteiger partial charge in [0.25, 0.3) is 0 Å². The van der Waals surface area contributed by atoms with Crippen molar-refractivity contribution in [2.75, 3.05) is 11.1 Å². The van der Waals surface area contributed by atoms with Gasteiger partial charge in [-0.2, -0.15) is 22.5 Å². The van der Waals surface area contributed by atoms with Crippen molar-refractivity contribution in [1.82, 2.24) is 9.36 Å². The number of halogens is 4. The third-order valence-electron chi connectivity index (χ3n) is 1.91. The standard InChI is InChI=1S/C9H6ClF3N4S/c10-5-2-1-4(14)3-6(5)15-8-16-7(17-18-8)9(11,12)13/h1-3H,14H2,(H,15,16,17). The lowest BCUT2D eigenvalue weighted by atomic mass is 10.3. The van der Waals surface area contributed by atoms with Crippen molar-refractivity contribution in [2.45, 2.75) is 6.18 Å². The van der Waals surface area contributed by atoms with Crippen molar-refractivity contribution in [3.05, 3.63) is 29.0 Å². The predicted molar refractivity (Wildman–Crippen MR) is 64.1 cm³/mol. The van der Waals surface area contributed by atoms with Gasteiger partial charge in [-0.15, -0.1) is 0 Å². The normalized spacial score (nSPS) is 11.6. The van der Waals surface area contributed by atoms with E-state index in [1.165, 1.54) is 12.1 Å². The molecule has 0 spiro atoms. The molecule has 1 aromatic heterocycles. The number of aromatic nitrogens is 2. The molecule has 0 saturated carbocycles. The molecule has 1 aromatic carbocycles. The van der Waals surface area contributed by atoms with Crippen LogP contribution in [0.4, 0.5) is 29.7 Å². The summed E-state index contributed by atoms with van der Waals surface area (Å²) in [6, 6.07) is 4.61. The zero-order valence-corrected chi connectivity index (χ0v) is 10.2. The van der Waals surface area contributed by atoms with Crippen molar-refractivity contribution in [1.29, 1.82) is 0 Å². The second-order valence-corrected chi connectivity index (χ2v) is 4.44. The average Bonchev–Trinajstić information content (AvgIpc) is 2.71. The summed E-state index contributed by atoms with van der Waals surface area (Å²) in [4.78, 5) is 3.32. The molecule has 18 heavy (non-hydrogen) atoms. The first kappa shape index (κ1) is 12.9. The second kappa shape index (κ2) is 4.62. The lowest BCUT2D eigenvalue weighted by Gasteiger charge is -2.05. The Hall–Kier alpha value is -1.54. The van der Waals surface area contributed by atoms with Crippen LogP contribution in [0.15, 0.2) is 18.2 Å². The van der Waals surface area contributed by atoms with E-state index in [0.29, 0.717) is 27.9 Å². The van der Waals surface area contributed by atoms with Crippen molar-refractivity contribution in [3.8, 4) is 0 Å². The number of rotatable bonds is 2. The van der Waals surface area contributed by atoms with Gasteiger partial charge in [0.15, 0.2) is 0 Å². The van der Waals surface area contributed by atoms with E-state index in [1.807, 2.05) is 0 Å². The van der Waals surface area contributed by atoms with Crippen LogP contribution in [0.5, 0.6) is 0 Å². The summed E-state index contributed by atoms with van der Waals surface area (Å²) in [5.74, 6) is -1.19. The smallest absolute Gasteiger partial charge is 0.399 e. The van der Waals surface area contributed by atoms with Gasteiger partial charge in [0.2, 0.25) is 11.0 Å². The number of nitrogens with zero attached hydrogens (tertiary/aromatic N) is 2. The monoisotopic (exact) mass is 294 g/mol. The fourth-order valence-electron chi connectivity index (χ4n) is 1.14. The third kappa shape index (κ3) is 2.82. The molecule has 0 aliphatic rings. The number of alkyl halides is 3. The van der Waals surface area contributed by atoms with E-state index in [0.717, 1.165) is 0 Å². The van der Waals surface area contributed by atoms with Crippen LogP contribution in [0.1, 0.15) is 5.82 Å². The lowest BCUT2D eigenvalue weighted by Crippen LogP contribution is -2.07. The lowest BCUT2D eigenvalue weighted by molar-refractivity contribution is -0.144. The van der Waals surface area contributed by atoms with Gasteiger partial charge >= 0.3 is 6.18 Å². The Balaban J connectivity index is 2.24. The van der Waals surface area contributed by atoms with Gasteiger partial charge < -0.3 is 11.1 Å². The molecule has 96 valence electrons. The predicted octanol–water partition coefficient (Wildman–Crippen LogP) is 3.54. The molecule has 0 radical (unpaired) electrons. The van der Waals surface area contributed by atoms with Gasteiger partial charge in [-0.25, -0.2) is 0 Å². The molecule has 0 aliphatic carbocycles. The van der Waals surface area contributed by atoms with Crippen molar-refractivity contribution in [2.24, 2.45) is 0 Å². The van der Waals surface area contributed by atoms with Crippen molar-refractivity contribution < 1.29 is 13.2 Å². The summed E-state index contributed by atoms with van der Waals surface area (Å²) >= 11 is 6.45. The first-order chi connectivity index (χ1) is 8.36. The van der Waals surface area contributed by atoms with Crippen LogP contribution >= 0.6 is 23.1 Å². The van der Waals surface area contributed by atoms with Crippen LogP contribution in [0.2, 0.25) is 5.02 Å². The van der Waals surface area contributed by atoms with Crippen molar-refractivity contribution >= 4 is 39.6 Å². The maximum Gasteiger partial charge on any atom is 0.452 e. The van der Waals surface area contributed by atoms with Gasteiger partial charge in [-0.3, -0.25) is 0 Å². The maximum atomic E-state index is 12.3. The number of benzene rings is 1. The Morgan fingerprint density at radius 1 is 1.33 bits per heavy atom. The highest BCUT2D eigenvalue weighted by Gasteiger charge is 2.36. The Morgan fingerprint density at radius 2 is 2.06 bits per heavy atom. The summed E-state index contributed by atoms with van der Waals surface area (Å²) < 4.78 is 40.1. The molecule has 0 atom stereocenters. The molecule has 2 aromatic rings. The van der Waals surface area contributed by atoms with Crippen LogP contribution in [0.25, 0.3) is 0 Å². The van der Waals surface area contributed by atoms with Gasteiger partial charge in [0, 0.05) is 17.2 Å². The fourth-order valence-corrected chi connectivity index (χ4v) is 1.91. The highest BCUT2D eigenvalue weighted by Crippen LogP contribution is 2.32. The molecular formula is C9H6ClF3N4S. The molecule has 0 aliphatic heterocycles. The fraction of sp³-hybridized carbons (Fsp3) is 0.111. The van der Waals surface area contributed by atoms with Gasteiger partial charge in [-0.1, -0.05) is 11.6 Å². The molecule has 0 unspecified atom stereocenters. The first-order valence-corrected chi connectivity index (χ1v) is 5.74. The molecule has 3 N–H and O–H groups in total. The van der Waals surface area contributed by atoms with E-state index in [-0.39, 0.29) is 5.13 Å². The largest absolute Gasteiger partial charge is 0.452 e. The Bertz CT molecular complexity index is 569. The molecule has 4 nitrogen and oxygen atoms in total. The summed E-state index contributed by atoms with van der Waals surface area (Å²) in [5, 5.41) is 2.96. The van der Waals surface area contributed by atoms with Crippen molar-refractivity contribution in [3.63, 3.8) is 0 Å². The minimum absolute atomic E-state index is 0.00479. The summed E-state index contributed by atoms with van der Waals surface area (Å²) in [6.45, 7) is 0. The van der Waals surface area contributed by atoms with E-state index in [1.54, 1.807) is 6.07 Å². The number of hydrogen-bond acceptors (Lipinski definition) is 5. The summed E-state index contributed by atoms with van der Waals surface area (Å²) in [7, 11) is 0. The Morgan fingerprint density at radius 3 is 2.67 bits per heavy atom. The van der Waals surface area contributed by atoms with E-state index in [2.05, 4.69) is 14.7 Å². The van der Waals surface area contributed by atoms with Crippen LogP contribution < -0.4 is 11.1 Å². The van der Waals surface area contributed by atoms with Crippen LogP contribution in [-0.2, 0) is 6.18 Å². The molecule has 0 amide bonds. The zero-order valence-electron chi connectivity index (χ0n) is 8.62. The molecule has 0 saturated heterocycles. The topological polar surface area (TPSA) is 63.8 Å². The van der Waals surface area contributed by atoms with E-state index in [4.69, 9.17) is 17.3 Å². The first-order valence-electron chi connectivity index (χ1n) is 4.59. The maximum absolute atomic E-state index is 12.3. The average molecular weight is 295 g/mol. The highest BCUT2D eigenvalue weighted by molar-refractivity contribution is 7.09. The summed E-state index contributed by atoms with van der Waals surface area (Å²) in [5.41, 5.74) is 6.35. The highest BCUT2D eigenvalue weighted by atomic mass is 35.5. The third-order valence-corrected chi connectivity index (χ3v) is 2.87. The molecule has 9 heteroatoms. The van der Waals surface area contributed by atoms with Crippen LogP contribution in [0.3, 0.4) is 0 Å². The van der Waals surface area contributed by atoms with E-state index >= 15 is 0 Å². The number of hydrogen-bond donors (Lipinski definition) is 2. The minimum Gasteiger partial charge on any atom is -0.399 e. The van der Waals surface area contributed by atoms with Crippen LogP contribution in [0, 0.1) is 0 Å². The number of anilines is 3. The quantitative estimate of drug-likeness (QED) is 0.832.